The quantitative estimate of drug-likeness (QED) is 0.269. The minimum absolute atomic E-state index is 0.0630. The highest BCUT2D eigenvalue weighted by Crippen LogP contribution is 2.14. The standard InChI is InChI=1S/C7H5BF3IN3/c9-8(10,11)6-1-5(4-14-15-13)2-7(12)3-6/h1-3H,4H2/q-1. The van der Waals surface area contributed by atoms with E-state index in [9.17, 15) is 12.9 Å². The summed E-state index contributed by atoms with van der Waals surface area (Å²) in [6.07, 6.45) is 0. The Morgan fingerprint density at radius 1 is 1.33 bits per heavy atom. The van der Waals surface area contributed by atoms with Gasteiger partial charge in [0.2, 0.25) is 0 Å². The van der Waals surface area contributed by atoms with Gasteiger partial charge in [0.15, 0.2) is 0 Å². The van der Waals surface area contributed by atoms with Gasteiger partial charge in [-0.2, -0.15) is 0 Å². The van der Waals surface area contributed by atoms with Gasteiger partial charge >= 0.3 is 6.98 Å². The summed E-state index contributed by atoms with van der Waals surface area (Å²) in [5, 5.41) is 3.22. The maximum absolute atomic E-state index is 12.4. The molecule has 0 amide bonds. The van der Waals surface area contributed by atoms with Crippen LogP contribution in [0.1, 0.15) is 5.56 Å². The van der Waals surface area contributed by atoms with E-state index in [1.165, 1.54) is 0 Å². The van der Waals surface area contributed by atoms with E-state index in [1.54, 1.807) is 28.7 Å². The van der Waals surface area contributed by atoms with E-state index in [0.717, 1.165) is 12.1 Å². The Kier molecular flexibility index (Phi) is 3.86. The Morgan fingerprint density at radius 2 is 2.00 bits per heavy atom. The summed E-state index contributed by atoms with van der Waals surface area (Å²) in [7, 11) is 0. The lowest BCUT2D eigenvalue weighted by molar-refractivity contribution is 0.501. The third-order valence-electron chi connectivity index (χ3n) is 1.67. The van der Waals surface area contributed by atoms with Crippen molar-refractivity contribution < 1.29 is 12.9 Å². The highest BCUT2D eigenvalue weighted by Gasteiger charge is 2.25. The molecule has 0 bridgehead atoms. The van der Waals surface area contributed by atoms with Crippen LogP contribution >= 0.6 is 22.6 Å². The first-order chi connectivity index (χ1) is 6.93. The second kappa shape index (κ2) is 4.76. The van der Waals surface area contributed by atoms with Crippen molar-refractivity contribution in [3.05, 3.63) is 37.8 Å². The van der Waals surface area contributed by atoms with Gasteiger partial charge in [-0.3, -0.25) is 0 Å². The second-order valence-corrected chi connectivity index (χ2v) is 4.10. The van der Waals surface area contributed by atoms with E-state index in [1.807, 2.05) is 0 Å². The number of azide groups is 1. The zero-order valence-electron chi connectivity index (χ0n) is 7.37. The van der Waals surface area contributed by atoms with E-state index >= 15 is 0 Å². The summed E-state index contributed by atoms with van der Waals surface area (Å²) in [6, 6.07) is 3.64. The van der Waals surface area contributed by atoms with Gasteiger partial charge in [-0.05, 0) is 39.8 Å². The molecule has 8 heteroatoms. The highest BCUT2D eigenvalue weighted by atomic mass is 127. The van der Waals surface area contributed by atoms with E-state index in [2.05, 4.69) is 10.0 Å². The predicted molar refractivity (Wildman–Crippen MR) is 60.7 cm³/mol. The van der Waals surface area contributed by atoms with Crippen LogP contribution in [0.15, 0.2) is 23.3 Å². The van der Waals surface area contributed by atoms with Crippen LogP contribution < -0.4 is 5.46 Å². The highest BCUT2D eigenvalue weighted by molar-refractivity contribution is 14.1. The van der Waals surface area contributed by atoms with E-state index in [-0.39, 0.29) is 6.54 Å². The zero-order valence-corrected chi connectivity index (χ0v) is 9.53. The fourth-order valence-corrected chi connectivity index (χ4v) is 1.83. The van der Waals surface area contributed by atoms with E-state index in [0.29, 0.717) is 9.13 Å². The summed E-state index contributed by atoms with van der Waals surface area (Å²) in [5.74, 6) is 0. The summed E-state index contributed by atoms with van der Waals surface area (Å²) in [4.78, 5) is 2.50. The fourth-order valence-electron chi connectivity index (χ4n) is 1.07. The number of rotatable bonds is 3. The molecule has 0 spiro atoms. The average Bonchev–Trinajstić information content (AvgIpc) is 2.12. The molecule has 1 rings (SSSR count). The van der Waals surface area contributed by atoms with Crippen molar-refractivity contribution in [1.82, 2.24) is 0 Å². The van der Waals surface area contributed by atoms with Gasteiger partial charge in [0.05, 0.1) is 6.54 Å². The Balaban J connectivity index is 3.10. The minimum Gasteiger partial charge on any atom is -0.445 e. The first-order valence-electron chi connectivity index (χ1n) is 3.93. The molecule has 0 aliphatic carbocycles. The lowest BCUT2D eigenvalue weighted by atomic mass is 9.79. The van der Waals surface area contributed by atoms with Crippen LogP contribution in [0.3, 0.4) is 0 Å². The van der Waals surface area contributed by atoms with E-state index in [4.69, 9.17) is 5.53 Å². The molecular formula is C7H5BF3IN3-. The molecule has 0 aliphatic rings. The van der Waals surface area contributed by atoms with Gasteiger partial charge in [-0.15, -0.1) is 5.46 Å². The first-order valence-corrected chi connectivity index (χ1v) is 5.01. The lowest BCUT2D eigenvalue weighted by Gasteiger charge is -2.16. The first kappa shape index (κ1) is 12.2. The molecule has 0 fully saturated rings. The molecule has 0 heterocycles. The molecule has 0 atom stereocenters. The average molecular weight is 326 g/mol. The topological polar surface area (TPSA) is 48.8 Å². The number of benzene rings is 1. The van der Waals surface area contributed by atoms with Crippen molar-refractivity contribution in [1.29, 1.82) is 0 Å². The second-order valence-electron chi connectivity index (χ2n) is 2.86. The Bertz CT molecular complexity index is 414. The fraction of sp³-hybridized carbons (Fsp3) is 0.143. The molecule has 1 aromatic carbocycles. The molecule has 0 radical (unpaired) electrons. The molecule has 15 heavy (non-hydrogen) atoms. The molecular weight excluding hydrogens is 321 g/mol. The van der Waals surface area contributed by atoms with Crippen LogP contribution in [0.4, 0.5) is 12.9 Å². The van der Waals surface area contributed by atoms with Crippen LogP contribution in [-0.2, 0) is 6.54 Å². The van der Waals surface area contributed by atoms with Gasteiger partial charge in [-0.25, -0.2) is 0 Å². The SMILES string of the molecule is [N-]=[N+]=NCc1cc(I)cc([B-](F)(F)F)c1. The smallest absolute Gasteiger partial charge is 0.445 e. The van der Waals surface area contributed by atoms with Crippen molar-refractivity contribution in [2.75, 3.05) is 0 Å². The molecule has 0 N–H and O–H groups in total. The normalized spacial score (nSPS) is 10.9. The van der Waals surface area contributed by atoms with E-state index < -0.39 is 12.4 Å². The molecule has 1 aromatic rings. The monoisotopic (exact) mass is 326 g/mol. The predicted octanol–water partition coefficient (Wildman–Crippen LogP) is 3.16. The molecule has 0 unspecified atom stereocenters. The van der Waals surface area contributed by atoms with Crippen LogP contribution in [0.5, 0.6) is 0 Å². The number of nitrogens with zero attached hydrogens (tertiary/aromatic N) is 3. The maximum Gasteiger partial charge on any atom is 0.509 e. The third-order valence-corrected chi connectivity index (χ3v) is 2.30. The molecule has 0 saturated heterocycles. The van der Waals surface area contributed by atoms with Crippen molar-refractivity contribution in [3.8, 4) is 0 Å². The van der Waals surface area contributed by atoms with Gasteiger partial charge in [-0.1, -0.05) is 17.2 Å². The number of halogens is 4. The summed E-state index contributed by atoms with van der Waals surface area (Å²) in [5.41, 5.74) is 7.77. The lowest BCUT2D eigenvalue weighted by Crippen LogP contribution is -2.34. The summed E-state index contributed by atoms with van der Waals surface area (Å²) < 4.78 is 37.8. The number of hydrogen-bond acceptors (Lipinski definition) is 1. The number of hydrogen-bond donors (Lipinski definition) is 0. The summed E-state index contributed by atoms with van der Waals surface area (Å²) >= 11 is 1.80. The third kappa shape index (κ3) is 3.63. The Morgan fingerprint density at radius 3 is 2.53 bits per heavy atom. The summed E-state index contributed by atoms with van der Waals surface area (Å²) in [6.45, 7) is -5.06. The van der Waals surface area contributed by atoms with Gasteiger partial charge in [0, 0.05) is 8.48 Å². The van der Waals surface area contributed by atoms with Crippen molar-refractivity contribution in [2.45, 2.75) is 6.54 Å². The Labute approximate surface area is 97.5 Å². The molecule has 0 saturated carbocycles. The molecule has 0 aliphatic heterocycles. The van der Waals surface area contributed by atoms with Crippen LogP contribution in [0.25, 0.3) is 10.4 Å². The minimum atomic E-state index is -5.00. The van der Waals surface area contributed by atoms with Crippen LogP contribution in [0.2, 0.25) is 0 Å². The maximum atomic E-state index is 12.4. The van der Waals surface area contributed by atoms with Crippen LogP contribution in [0, 0.1) is 3.57 Å². The van der Waals surface area contributed by atoms with Gasteiger partial charge in [0.25, 0.3) is 0 Å². The van der Waals surface area contributed by atoms with Gasteiger partial charge < -0.3 is 12.9 Å². The largest absolute Gasteiger partial charge is 0.509 e. The zero-order chi connectivity index (χ0) is 11.5. The Hall–Kier alpha value is -0.885. The molecule has 3 nitrogen and oxygen atoms in total. The van der Waals surface area contributed by atoms with Crippen molar-refractivity contribution >= 4 is 35.0 Å². The molecule has 80 valence electrons. The van der Waals surface area contributed by atoms with Crippen LogP contribution in [-0.4, -0.2) is 6.98 Å². The van der Waals surface area contributed by atoms with Crippen molar-refractivity contribution in [3.63, 3.8) is 0 Å². The van der Waals surface area contributed by atoms with Gasteiger partial charge in [0.1, 0.15) is 0 Å². The molecule has 0 aromatic heterocycles. The van der Waals surface area contributed by atoms with Crippen molar-refractivity contribution in [2.24, 2.45) is 5.11 Å².